The Morgan fingerprint density at radius 1 is 1.22 bits per heavy atom. The second-order valence-electron chi connectivity index (χ2n) is 13.4. The summed E-state index contributed by atoms with van der Waals surface area (Å²) < 4.78 is 51.8. The smallest absolute Gasteiger partial charge is 0.243 e. The third-order valence-electron chi connectivity index (χ3n) is 6.97. The molecule has 1 aromatic carbocycles. The number of benzene rings is 1. The molecule has 0 aliphatic heterocycles. The van der Waals surface area contributed by atoms with Crippen molar-refractivity contribution in [3.63, 3.8) is 0 Å². The number of ether oxygens (including phenoxy) is 1. The summed E-state index contributed by atoms with van der Waals surface area (Å²) in [6, 6.07) is 6.34. The van der Waals surface area contributed by atoms with Crippen molar-refractivity contribution < 1.29 is 18.1 Å². The number of rotatable bonds is 13. The molecule has 3 atom stereocenters. The molecule has 3 rings (SSSR count). The van der Waals surface area contributed by atoms with Crippen molar-refractivity contribution in [3.8, 4) is 0 Å². The van der Waals surface area contributed by atoms with E-state index in [1.54, 1.807) is 0 Å². The molecule has 210 valence electrons. The lowest BCUT2D eigenvalue weighted by molar-refractivity contribution is 0.00725. The van der Waals surface area contributed by atoms with Gasteiger partial charge in [0.15, 0.2) is 0 Å². The Kier molecular flexibility index (Phi) is 9.56. The van der Waals surface area contributed by atoms with Gasteiger partial charge in [-0.3, -0.25) is 0 Å². The molecule has 1 aromatic heterocycles. The third kappa shape index (κ3) is 8.22. The van der Waals surface area contributed by atoms with Gasteiger partial charge in [-0.15, -0.1) is 4.72 Å². The highest BCUT2D eigenvalue weighted by Gasteiger charge is 2.39. The van der Waals surface area contributed by atoms with Crippen LogP contribution in [0.5, 0.6) is 0 Å². The van der Waals surface area contributed by atoms with E-state index in [1.807, 2.05) is 37.5 Å². The van der Waals surface area contributed by atoms with Gasteiger partial charge in [-0.2, -0.15) is 0 Å². The number of imidazole rings is 1. The summed E-state index contributed by atoms with van der Waals surface area (Å²) in [7, 11) is -1.29. The van der Waals surface area contributed by atoms with Crippen molar-refractivity contribution in [2.24, 2.45) is 17.1 Å². The van der Waals surface area contributed by atoms with Crippen LogP contribution in [-0.4, -0.2) is 40.0 Å². The van der Waals surface area contributed by atoms with Gasteiger partial charge in [0.05, 0.1) is 11.0 Å². The lowest BCUT2D eigenvalue weighted by Gasteiger charge is -2.32. The number of hydrogen-bond acceptors (Lipinski definition) is 5. The molecule has 10 heteroatoms. The van der Waals surface area contributed by atoms with Gasteiger partial charge in [0.2, 0.25) is 6.43 Å². The van der Waals surface area contributed by atoms with E-state index < -0.39 is 42.1 Å². The monoisotopic (exact) mass is 556 g/mol. The number of nitrogens with one attached hydrogen (secondary N) is 1. The quantitative estimate of drug-likeness (QED) is 0.166. The van der Waals surface area contributed by atoms with Crippen molar-refractivity contribution >= 4 is 30.5 Å². The van der Waals surface area contributed by atoms with E-state index in [4.69, 9.17) is 15.5 Å². The van der Waals surface area contributed by atoms with Crippen molar-refractivity contribution in [3.05, 3.63) is 29.6 Å². The molecule has 37 heavy (non-hydrogen) atoms. The summed E-state index contributed by atoms with van der Waals surface area (Å²) in [5.41, 5.74) is 7.86. The number of alkyl halides is 2. The van der Waals surface area contributed by atoms with Crippen LogP contribution in [0.1, 0.15) is 77.4 Å². The number of halogens is 2. The molecule has 0 spiro atoms. The fourth-order valence-electron chi connectivity index (χ4n) is 4.14. The summed E-state index contributed by atoms with van der Waals surface area (Å²) in [5.74, 6) is 1.06. The van der Waals surface area contributed by atoms with Gasteiger partial charge >= 0.3 is 0 Å². The zero-order valence-electron chi connectivity index (χ0n) is 23.7. The Bertz CT molecular complexity index is 1050. The van der Waals surface area contributed by atoms with Crippen molar-refractivity contribution in [2.75, 3.05) is 6.61 Å². The minimum absolute atomic E-state index is 0.0379. The largest absolute Gasteiger partial charge is 0.598 e. The predicted octanol–water partition coefficient (Wildman–Crippen LogP) is 6.53. The molecular formula is C27H46F2N4O2SSi. The zero-order chi connectivity index (χ0) is 27.8. The Morgan fingerprint density at radius 2 is 1.86 bits per heavy atom. The number of nitrogens with zero attached hydrogens (tertiary/aromatic N) is 2. The molecule has 0 bridgehead atoms. The molecule has 3 unspecified atom stereocenters. The van der Waals surface area contributed by atoms with Crippen molar-refractivity contribution in [1.29, 1.82) is 0 Å². The fourth-order valence-corrected chi connectivity index (χ4v) is 5.69. The van der Waals surface area contributed by atoms with Crippen LogP contribution in [0.25, 0.3) is 11.0 Å². The molecule has 0 radical (unpaired) electrons. The van der Waals surface area contributed by atoms with Crippen LogP contribution in [0.3, 0.4) is 0 Å². The molecule has 1 heterocycles. The molecule has 1 aliphatic rings. The highest BCUT2D eigenvalue weighted by Crippen LogP contribution is 2.41. The summed E-state index contributed by atoms with van der Waals surface area (Å²) in [6.45, 7) is 16.4. The highest BCUT2D eigenvalue weighted by molar-refractivity contribution is 7.90. The second kappa shape index (κ2) is 11.6. The van der Waals surface area contributed by atoms with Crippen LogP contribution in [0.4, 0.5) is 8.78 Å². The van der Waals surface area contributed by atoms with Crippen LogP contribution in [0.15, 0.2) is 18.2 Å². The minimum atomic E-state index is -2.53. The molecule has 1 saturated carbocycles. The summed E-state index contributed by atoms with van der Waals surface area (Å²) in [5, 5.41) is 0. The first-order chi connectivity index (χ1) is 17.0. The minimum Gasteiger partial charge on any atom is -0.598 e. The molecular weight excluding hydrogens is 510 g/mol. The van der Waals surface area contributed by atoms with E-state index in [0.29, 0.717) is 18.3 Å². The van der Waals surface area contributed by atoms with Crippen LogP contribution >= 0.6 is 0 Å². The summed E-state index contributed by atoms with van der Waals surface area (Å²) in [4.78, 5) is 4.89. The van der Waals surface area contributed by atoms with Gasteiger partial charge in [-0.25, -0.2) is 13.8 Å². The maximum atomic E-state index is 14.0. The first-order valence-electron chi connectivity index (χ1n) is 13.3. The summed E-state index contributed by atoms with van der Waals surface area (Å²) >= 11 is -1.48. The molecule has 2 aromatic rings. The zero-order valence-corrected chi connectivity index (χ0v) is 25.6. The molecule has 1 fully saturated rings. The first-order valence-corrected chi connectivity index (χ1v) is 18.1. The number of fused-ring (bicyclic) bond motifs is 1. The maximum absolute atomic E-state index is 14.0. The number of nitrogens with two attached hydrogens (primary N) is 1. The van der Waals surface area contributed by atoms with Gasteiger partial charge in [0.1, 0.15) is 23.3 Å². The molecule has 0 amide bonds. The Hall–Kier alpha value is -1.04. The lowest BCUT2D eigenvalue weighted by Crippen LogP contribution is -2.43. The van der Waals surface area contributed by atoms with Crippen LogP contribution in [0.2, 0.25) is 25.7 Å². The average molecular weight is 557 g/mol. The number of aromatic nitrogens is 2. The number of hydrogen-bond donors (Lipinski definition) is 2. The van der Waals surface area contributed by atoms with Crippen LogP contribution < -0.4 is 10.5 Å². The molecule has 1 aliphatic carbocycles. The third-order valence-corrected chi connectivity index (χ3v) is 10.3. The van der Waals surface area contributed by atoms with E-state index in [2.05, 4.69) is 30.4 Å². The topological polar surface area (TPSA) is 88.2 Å². The normalized spacial score (nSPS) is 18.0. The SMILES string of the molecule is CC(C)(CC(N[S+]([O-])C(C)(C)C)c1nc2ccc(C(N)C3CC3)cc2n1COCC[Si](C)(C)C)C(F)F. The van der Waals surface area contributed by atoms with Crippen molar-refractivity contribution in [1.82, 2.24) is 14.3 Å². The van der Waals surface area contributed by atoms with E-state index in [0.717, 1.165) is 35.5 Å². The first kappa shape index (κ1) is 30.5. The van der Waals surface area contributed by atoms with E-state index >= 15 is 0 Å². The molecule has 6 nitrogen and oxygen atoms in total. The Labute approximate surface area is 225 Å². The predicted molar refractivity (Wildman–Crippen MR) is 152 cm³/mol. The van der Waals surface area contributed by atoms with Gasteiger partial charge in [0, 0.05) is 37.5 Å². The second-order valence-corrected chi connectivity index (χ2v) is 21.0. The van der Waals surface area contributed by atoms with E-state index in [1.165, 1.54) is 13.8 Å². The van der Waals surface area contributed by atoms with Crippen molar-refractivity contribution in [2.45, 2.75) is 110 Å². The van der Waals surface area contributed by atoms with Gasteiger partial charge < -0.3 is 19.6 Å². The maximum Gasteiger partial charge on any atom is 0.243 e. The van der Waals surface area contributed by atoms with Crippen LogP contribution in [-0.2, 0) is 22.8 Å². The Morgan fingerprint density at radius 3 is 2.41 bits per heavy atom. The summed E-state index contributed by atoms with van der Waals surface area (Å²) in [6.07, 6.45) is -0.193. The van der Waals surface area contributed by atoms with Crippen LogP contribution in [0, 0.1) is 11.3 Å². The average Bonchev–Trinajstić information content (AvgIpc) is 3.55. The Balaban J connectivity index is 2.05. The van der Waals surface area contributed by atoms with Gasteiger partial charge in [-0.1, -0.05) is 39.6 Å². The molecule has 3 N–H and O–H groups in total. The van der Waals surface area contributed by atoms with E-state index in [-0.39, 0.29) is 19.2 Å². The lowest BCUT2D eigenvalue weighted by atomic mass is 9.86. The highest BCUT2D eigenvalue weighted by atomic mass is 32.2. The fraction of sp³-hybridized carbons (Fsp3) is 0.741. The van der Waals surface area contributed by atoms with E-state index in [9.17, 15) is 13.3 Å². The molecule has 0 saturated heterocycles. The van der Waals surface area contributed by atoms with Gasteiger partial charge in [-0.05, 0) is 69.7 Å². The standard InChI is InChI=1S/C27H46F2N4O2SSi/c1-26(2,3)36(34)32-21(16-27(4,5)25(28)29)24-31-20-12-11-19(23(30)18-9-10-18)15-22(20)33(24)17-35-13-14-37(6,7)8/h11-12,15,18,21,23,25,32H,9-10,13-14,16-17,30H2,1-8H3. The van der Waals surface area contributed by atoms with Gasteiger partial charge in [0.25, 0.3) is 0 Å².